The van der Waals surface area contributed by atoms with Gasteiger partial charge in [-0.2, -0.15) is 10.2 Å². The maximum atomic E-state index is 11.7. The van der Waals surface area contributed by atoms with Crippen LogP contribution in [0.1, 0.15) is 37.8 Å². The number of ether oxygens (including phenoxy) is 3. The predicted octanol–water partition coefficient (Wildman–Crippen LogP) is 4.01. The number of aromatic nitrogens is 2. The van der Waals surface area contributed by atoms with Crippen LogP contribution >= 0.6 is 0 Å². The van der Waals surface area contributed by atoms with Crippen LogP contribution in [0.25, 0.3) is 10.9 Å². The minimum Gasteiger partial charge on any atom is -0.466 e. The highest BCUT2D eigenvalue weighted by molar-refractivity contribution is 5.91. The number of hydrogen-bond donors (Lipinski definition) is 1. The van der Waals surface area contributed by atoms with Crippen LogP contribution < -0.4 is 19.7 Å². The molecule has 1 aromatic heterocycles. The van der Waals surface area contributed by atoms with Crippen LogP contribution in [0, 0.1) is 11.3 Å². The predicted molar refractivity (Wildman–Crippen MR) is 128 cm³/mol. The second-order valence-electron chi connectivity index (χ2n) is 7.75. The molecule has 0 bridgehead atoms. The van der Waals surface area contributed by atoms with E-state index in [-0.39, 0.29) is 12.8 Å². The fourth-order valence-corrected chi connectivity index (χ4v) is 3.75. The third-order valence-electron chi connectivity index (χ3n) is 5.49. The lowest BCUT2D eigenvalue weighted by molar-refractivity contribution is -0.143. The van der Waals surface area contributed by atoms with Crippen molar-refractivity contribution in [2.75, 3.05) is 36.7 Å². The van der Waals surface area contributed by atoms with E-state index < -0.39 is 0 Å². The molecule has 3 aromatic rings. The Balaban J connectivity index is 1.58. The first-order valence-corrected chi connectivity index (χ1v) is 11.4. The summed E-state index contributed by atoms with van der Waals surface area (Å²) < 4.78 is 15.9. The number of carbonyl (C=O) groups is 1. The fraction of sp³-hybridized carbons (Fsp3) is 0.360. The van der Waals surface area contributed by atoms with Crippen molar-refractivity contribution >= 4 is 28.6 Å². The van der Waals surface area contributed by atoms with Crippen molar-refractivity contribution in [2.45, 2.75) is 33.2 Å². The summed E-state index contributed by atoms with van der Waals surface area (Å²) in [6.45, 7) is 6.25. The largest absolute Gasteiger partial charge is 0.466 e. The zero-order chi connectivity index (χ0) is 23.9. The first kappa shape index (κ1) is 23.1. The monoisotopic (exact) mass is 461 g/mol. The molecule has 34 heavy (non-hydrogen) atoms. The number of fused-ring (bicyclic) bond motifs is 2. The summed E-state index contributed by atoms with van der Waals surface area (Å²) in [5.74, 6) is 2.46. The van der Waals surface area contributed by atoms with Gasteiger partial charge in [0.15, 0.2) is 11.5 Å². The van der Waals surface area contributed by atoms with Crippen molar-refractivity contribution < 1.29 is 19.0 Å². The van der Waals surface area contributed by atoms with Crippen LogP contribution in [-0.2, 0) is 16.1 Å². The molecule has 0 saturated heterocycles. The van der Waals surface area contributed by atoms with E-state index in [1.54, 1.807) is 19.1 Å². The van der Waals surface area contributed by atoms with Crippen molar-refractivity contribution in [3.8, 4) is 17.6 Å². The van der Waals surface area contributed by atoms with Gasteiger partial charge < -0.3 is 24.4 Å². The smallest absolute Gasteiger partial charge is 0.305 e. The highest BCUT2D eigenvalue weighted by atomic mass is 16.7. The Hall–Kier alpha value is -4.06. The number of anilines is 2. The summed E-state index contributed by atoms with van der Waals surface area (Å²) in [5.41, 5.74) is 2.29. The zero-order valence-electron chi connectivity index (χ0n) is 19.3. The van der Waals surface area contributed by atoms with Gasteiger partial charge in [0.1, 0.15) is 5.82 Å². The minimum atomic E-state index is -0.201. The van der Waals surface area contributed by atoms with E-state index in [0.29, 0.717) is 56.4 Å². The average Bonchev–Trinajstić information content (AvgIpc) is 3.33. The zero-order valence-corrected chi connectivity index (χ0v) is 19.3. The van der Waals surface area contributed by atoms with Crippen molar-refractivity contribution in [1.29, 1.82) is 5.26 Å². The maximum Gasteiger partial charge on any atom is 0.305 e. The SMILES string of the molecule is CCOC(=O)CCCN(CC)c1nc(NCc2ccc3c(c2)OCO3)c2cc(C#N)ccc2n1. The molecule has 9 heteroatoms. The molecule has 1 aliphatic rings. The van der Waals surface area contributed by atoms with E-state index in [9.17, 15) is 10.1 Å². The molecule has 2 aromatic carbocycles. The van der Waals surface area contributed by atoms with E-state index in [0.717, 1.165) is 28.0 Å². The summed E-state index contributed by atoms with van der Waals surface area (Å²) in [6.07, 6.45) is 0.986. The second kappa shape index (κ2) is 10.7. The molecular formula is C25H27N5O4. The van der Waals surface area contributed by atoms with E-state index in [1.807, 2.05) is 36.1 Å². The summed E-state index contributed by atoms with van der Waals surface area (Å²) in [5, 5.41) is 13.5. The molecule has 0 saturated carbocycles. The van der Waals surface area contributed by atoms with E-state index in [2.05, 4.69) is 11.4 Å². The lowest BCUT2D eigenvalue weighted by Gasteiger charge is -2.22. The molecule has 0 fully saturated rings. The molecule has 0 aliphatic carbocycles. The molecule has 1 N–H and O–H groups in total. The number of benzene rings is 2. The van der Waals surface area contributed by atoms with Crippen molar-refractivity contribution in [2.24, 2.45) is 0 Å². The highest BCUT2D eigenvalue weighted by Gasteiger charge is 2.16. The molecule has 9 nitrogen and oxygen atoms in total. The van der Waals surface area contributed by atoms with Gasteiger partial charge in [0.2, 0.25) is 12.7 Å². The first-order chi connectivity index (χ1) is 16.6. The summed E-state index contributed by atoms with van der Waals surface area (Å²) in [4.78, 5) is 23.3. The Bertz CT molecular complexity index is 1220. The molecule has 0 atom stereocenters. The number of nitriles is 1. The van der Waals surface area contributed by atoms with Crippen LogP contribution in [0.5, 0.6) is 11.5 Å². The quantitative estimate of drug-likeness (QED) is 0.448. The van der Waals surface area contributed by atoms with E-state index in [4.69, 9.17) is 24.2 Å². The van der Waals surface area contributed by atoms with E-state index >= 15 is 0 Å². The van der Waals surface area contributed by atoms with Crippen LogP contribution in [0.4, 0.5) is 11.8 Å². The van der Waals surface area contributed by atoms with Crippen LogP contribution in [-0.4, -0.2) is 42.4 Å². The molecule has 176 valence electrons. The van der Waals surface area contributed by atoms with Gasteiger partial charge in [-0.15, -0.1) is 0 Å². The van der Waals surface area contributed by atoms with Gasteiger partial charge in [0.05, 0.1) is 23.8 Å². The highest BCUT2D eigenvalue weighted by Crippen LogP contribution is 2.33. The minimum absolute atomic E-state index is 0.201. The third-order valence-corrected chi connectivity index (χ3v) is 5.49. The van der Waals surface area contributed by atoms with Gasteiger partial charge in [-0.3, -0.25) is 4.79 Å². The lowest BCUT2D eigenvalue weighted by atomic mass is 10.1. The maximum absolute atomic E-state index is 11.7. The summed E-state index contributed by atoms with van der Waals surface area (Å²) >= 11 is 0. The number of nitrogens with zero attached hydrogens (tertiary/aromatic N) is 4. The number of nitrogens with one attached hydrogen (secondary N) is 1. The van der Waals surface area contributed by atoms with Gasteiger partial charge in [0.25, 0.3) is 0 Å². The molecule has 0 spiro atoms. The van der Waals surface area contributed by atoms with Gasteiger partial charge >= 0.3 is 5.97 Å². The van der Waals surface area contributed by atoms with Gasteiger partial charge in [-0.1, -0.05) is 6.07 Å². The number of rotatable bonds is 10. The number of esters is 1. The van der Waals surface area contributed by atoms with Crippen molar-refractivity contribution in [3.05, 3.63) is 47.5 Å². The van der Waals surface area contributed by atoms with Crippen molar-refractivity contribution in [1.82, 2.24) is 9.97 Å². The molecule has 1 aliphatic heterocycles. The van der Waals surface area contributed by atoms with Gasteiger partial charge in [-0.05, 0) is 56.2 Å². The summed E-state index contributed by atoms with van der Waals surface area (Å²) in [7, 11) is 0. The summed E-state index contributed by atoms with van der Waals surface area (Å²) in [6, 6.07) is 13.3. The molecule has 2 heterocycles. The lowest BCUT2D eigenvalue weighted by Crippen LogP contribution is -2.27. The molecule has 0 radical (unpaired) electrons. The second-order valence-corrected chi connectivity index (χ2v) is 7.75. The van der Waals surface area contributed by atoms with Crippen molar-refractivity contribution in [3.63, 3.8) is 0 Å². The van der Waals surface area contributed by atoms with Crippen LogP contribution in [0.2, 0.25) is 0 Å². The molecule has 0 unspecified atom stereocenters. The molecular weight excluding hydrogens is 434 g/mol. The molecule has 0 amide bonds. The Morgan fingerprint density at radius 1 is 1.18 bits per heavy atom. The van der Waals surface area contributed by atoms with Gasteiger partial charge in [-0.25, -0.2) is 4.98 Å². The Kier molecular flexibility index (Phi) is 7.28. The van der Waals surface area contributed by atoms with Gasteiger partial charge in [0, 0.05) is 31.4 Å². The topological polar surface area (TPSA) is 110 Å². The standard InChI is InChI=1S/C25H27N5O4/c1-3-30(11-5-6-23(31)32-4-2)25-28-20-9-7-17(14-26)12-19(20)24(29-25)27-15-18-8-10-21-22(13-18)34-16-33-21/h7-10,12-13H,3-6,11,15-16H2,1-2H3,(H,27,28,29). The Morgan fingerprint density at radius 3 is 2.82 bits per heavy atom. The fourth-order valence-electron chi connectivity index (χ4n) is 3.75. The van der Waals surface area contributed by atoms with Crippen LogP contribution in [0.3, 0.4) is 0 Å². The first-order valence-electron chi connectivity index (χ1n) is 11.4. The number of hydrogen-bond acceptors (Lipinski definition) is 9. The normalized spacial score (nSPS) is 11.8. The molecule has 4 rings (SSSR count). The number of carbonyl (C=O) groups excluding carboxylic acids is 1. The average molecular weight is 462 g/mol. The third kappa shape index (κ3) is 5.29. The Labute approximate surface area is 198 Å². The Morgan fingerprint density at radius 2 is 2.03 bits per heavy atom. The van der Waals surface area contributed by atoms with E-state index in [1.165, 1.54) is 0 Å². The van der Waals surface area contributed by atoms with Crippen LogP contribution in [0.15, 0.2) is 36.4 Å².